The van der Waals surface area contributed by atoms with Crippen molar-refractivity contribution in [2.45, 2.75) is 37.3 Å². The summed E-state index contributed by atoms with van der Waals surface area (Å²) in [4.78, 5) is 4.18. The predicted molar refractivity (Wildman–Crippen MR) is 77.1 cm³/mol. The highest BCUT2D eigenvalue weighted by atomic mass is 16.3. The van der Waals surface area contributed by atoms with Crippen LogP contribution in [0.5, 0.6) is 0 Å². The van der Waals surface area contributed by atoms with Crippen molar-refractivity contribution >= 4 is 0 Å². The fourth-order valence-electron chi connectivity index (χ4n) is 4.46. The Morgan fingerprint density at radius 3 is 2.40 bits per heavy atom. The van der Waals surface area contributed by atoms with Crippen LogP contribution in [0.15, 0.2) is 49.1 Å². The zero-order valence-corrected chi connectivity index (χ0v) is 11.5. The molecule has 3 nitrogen and oxygen atoms in total. The molecule has 0 radical (unpaired) electrons. The van der Waals surface area contributed by atoms with Gasteiger partial charge in [-0.1, -0.05) is 6.07 Å². The molecule has 2 heterocycles. The number of aromatic nitrogens is 2. The maximum Gasteiger partial charge on any atom is 0.0918 e. The van der Waals surface area contributed by atoms with Crippen molar-refractivity contribution in [2.75, 3.05) is 0 Å². The first-order valence-corrected chi connectivity index (χ1v) is 7.52. The minimum Gasteiger partial charge on any atom is -0.385 e. The lowest BCUT2D eigenvalue weighted by molar-refractivity contribution is -0.0437. The van der Waals surface area contributed by atoms with Gasteiger partial charge < -0.3 is 9.67 Å². The van der Waals surface area contributed by atoms with Crippen LogP contribution in [-0.2, 0) is 5.60 Å². The molecule has 2 aliphatic rings. The summed E-state index contributed by atoms with van der Waals surface area (Å²) in [5.41, 5.74) is 0.312. The van der Waals surface area contributed by atoms with Crippen LogP contribution in [0.3, 0.4) is 0 Å². The van der Waals surface area contributed by atoms with Gasteiger partial charge in [0.1, 0.15) is 0 Å². The number of pyridine rings is 1. The van der Waals surface area contributed by atoms with E-state index in [1.54, 1.807) is 6.20 Å². The number of fused-ring (bicyclic) bond motifs is 2. The summed E-state index contributed by atoms with van der Waals surface area (Å²) in [5.74, 6) is 1.15. The minimum atomic E-state index is -0.677. The molecule has 0 unspecified atom stereocenters. The molecule has 2 atom stereocenters. The molecule has 2 aromatic rings. The average molecular weight is 268 g/mol. The van der Waals surface area contributed by atoms with E-state index in [-0.39, 0.29) is 0 Å². The van der Waals surface area contributed by atoms with Crippen molar-refractivity contribution in [3.8, 4) is 0 Å². The first-order chi connectivity index (χ1) is 9.76. The third-order valence-electron chi connectivity index (χ3n) is 5.24. The molecule has 1 N–H and O–H groups in total. The van der Waals surface area contributed by atoms with E-state index in [1.807, 2.05) is 18.3 Å². The van der Waals surface area contributed by atoms with Crippen LogP contribution in [0, 0.1) is 11.8 Å². The quantitative estimate of drug-likeness (QED) is 0.908. The second-order valence-electron chi connectivity index (χ2n) is 6.40. The molecule has 0 saturated heterocycles. The van der Waals surface area contributed by atoms with Crippen LogP contribution in [-0.4, -0.2) is 14.7 Å². The van der Waals surface area contributed by atoms with Crippen molar-refractivity contribution in [3.05, 3.63) is 54.6 Å². The zero-order valence-electron chi connectivity index (χ0n) is 11.5. The van der Waals surface area contributed by atoms with Crippen LogP contribution in [0.25, 0.3) is 0 Å². The van der Waals surface area contributed by atoms with Crippen molar-refractivity contribution < 1.29 is 5.11 Å². The molecule has 0 spiro atoms. The summed E-state index contributed by atoms with van der Waals surface area (Å²) in [6.45, 7) is 0. The van der Waals surface area contributed by atoms with Crippen LogP contribution < -0.4 is 0 Å². The van der Waals surface area contributed by atoms with Gasteiger partial charge in [-0.15, -0.1) is 0 Å². The topological polar surface area (TPSA) is 38.1 Å². The minimum absolute atomic E-state index is 0.571. The lowest BCUT2D eigenvalue weighted by Gasteiger charge is -2.42. The molecule has 2 aromatic heterocycles. The summed E-state index contributed by atoms with van der Waals surface area (Å²) in [5, 5.41) is 11.1. The van der Waals surface area contributed by atoms with E-state index in [9.17, 15) is 5.11 Å². The van der Waals surface area contributed by atoms with Gasteiger partial charge in [-0.05, 0) is 55.7 Å². The maximum atomic E-state index is 11.1. The van der Waals surface area contributed by atoms with Crippen molar-refractivity contribution in [1.82, 2.24) is 9.55 Å². The second kappa shape index (κ2) is 4.45. The molecule has 0 amide bonds. The molecule has 2 saturated carbocycles. The first-order valence-electron chi connectivity index (χ1n) is 7.52. The Morgan fingerprint density at radius 2 is 1.80 bits per heavy atom. The van der Waals surface area contributed by atoms with E-state index in [1.165, 1.54) is 12.8 Å². The normalized spacial score (nSPS) is 36.1. The van der Waals surface area contributed by atoms with Gasteiger partial charge in [0.15, 0.2) is 0 Å². The lowest BCUT2D eigenvalue weighted by Crippen LogP contribution is -2.39. The lowest BCUT2D eigenvalue weighted by atomic mass is 9.71. The van der Waals surface area contributed by atoms with Gasteiger partial charge >= 0.3 is 0 Å². The molecular formula is C17H20N2O. The Hall–Kier alpha value is -1.61. The highest BCUT2D eigenvalue weighted by Crippen LogP contribution is 2.55. The third-order valence-corrected chi connectivity index (χ3v) is 5.24. The van der Waals surface area contributed by atoms with E-state index in [4.69, 9.17) is 0 Å². The number of nitrogens with zero attached hydrogens (tertiary/aromatic N) is 2. The summed E-state index contributed by atoms with van der Waals surface area (Å²) < 4.78 is 2.35. The van der Waals surface area contributed by atoms with Crippen molar-refractivity contribution in [2.24, 2.45) is 11.8 Å². The van der Waals surface area contributed by atoms with Crippen LogP contribution in [0.1, 0.15) is 37.3 Å². The largest absolute Gasteiger partial charge is 0.385 e. The molecular weight excluding hydrogens is 248 g/mol. The average Bonchev–Trinajstić information content (AvgIpc) is 3.07. The fraction of sp³-hybridized carbons (Fsp3) is 0.471. The Labute approximate surface area is 119 Å². The summed E-state index contributed by atoms with van der Waals surface area (Å²) in [7, 11) is 0. The highest BCUT2D eigenvalue weighted by molar-refractivity contribution is 5.21. The smallest absolute Gasteiger partial charge is 0.0918 e. The SMILES string of the molecule is OC1(c2cccnc2)C[C@H]2CC[C@H](C1)C2n1cccc1. The third kappa shape index (κ3) is 1.80. The summed E-state index contributed by atoms with van der Waals surface area (Å²) in [6, 6.07) is 8.71. The molecule has 2 aliphatic carbocycles. The summed E-state index contributed by atoms with van der Waals surface area (Å²) in [6.07, 6.45) is 12.1. The molecule has 104 valence electrons. The zero-order chi connectivity index (χ0) is 13.6. The Morgan fingerprint density at radius 1 is 1.10 bits per heavy atom. The highest BCUT2D eigenvalue weighted by Gasteiger charge is 2.50. The Kier molecular flexibility index (Phi) is 2.71. The predicted octanol–water partition coefficient (Wildman–Crippen LogP) is 3.13. The van der Waals surface area contributed by atoms with Gasteiger partial charge in [-0.25, -0.2) is 0 Å². The molecule has 4 rings (SSSR count). The Balaban J connectivity index is 1.65. The van der Waals surface area contributed by atoms with Gasteiger partial charge in [0.05, 0.1) is 5.60 Å². The molecule has 0 aliphatic heterocycles. The van der Waals surface area contributed by atoms with Crippen LogP contribution in [0.4, 0.5) is 0 Å². The summed E-state index contributed by atoms with van der Waals surface area (Å²) >= 11 is 0. The number of hydrogen-bond acceptors (Lipinski definition) is 2. The monoisotopic (exact) mass is 268 g/mol. The molecule has 2 bridgehead atoms. The molecule has 3 heteroatoms. The fourth-order valence-corrected chi connectivity index (χ4v) is 4.46. The second-order valence-corrected chi connectivity index (χ2v) is 6.40. The van der Waals surface area contributed by atoms with Gasteiger partial charge in [0.25, 0.3) is 0 Å². The van der Waals surface area contributed by atoms with Crippen molar-refractivity contribution in [3.63, 3.8) is 0 Å². The van der Waals surface area contributed by atoms with E-state index in [0.717, 1.165) is 18.4 Å². The van der Waals surface area contributed by atoms with Gasteiger partial charge in [0.2, 0.25) is 0 Å². The number of hydrogen-bond donors (Lipinski definition) is 1. The van der Waals surface area contributed by atoms with Crippen LogP contribution >= 0.6 is 0 Å². The van der Waals surface area contributed by atoms with Crippen molar-refractivity contribution in [1.29, 1.82) is 0 Å². The number of aliphatic hydroxyl groups is 1. The van der Waals surface area contributed by atoms with Crippen LogP contribution in [0.2, 0.25) is 0 Å². The Bertz CT molecular complexity index is 564. The van der Waals surface area contributed by atoms with E-state index < -0.39 is 5.60 Å². The molecule has 0 aromatic carbocycles. The molecule has 20 heavy (non-hydrogen) atoms. The van der Waals surface area contributed by atoms with E-state index >= 15 is 0 Å². The first kappa shape index (κ1) is 12.2. The van der Waals surface area contributed by atoms with E-state index in [0.29, 0.717) is 17.9 Å². The van der Waals surface area contributed by atoms with E-state index in [2.05, 4.69) is 34.1 Å². The van der Waals surface area contributed by atoms with Gasteiger partial charge in [-0.3, -0.25) is 4.98 Å². The van der Waals surface area contributed by atoms with Gasteiger partial charge in [0, 0.05) is 36.4 Å². The molecule has 2 fully saturated rings. The van der Waals surface area contributed by atoms with Gasteiger partial charge in [-0.2, -0.15) is 0 Å². The number of rotatable bonds is 2. The standard InChI is InChI=1S/C17H20N2O/c20-17(15-4-3-7-18-12-15)10-13-5-6-14(11-17)16(13)19-8-1-2-9-19/h1-4,7-9,12-14,16,20H,5-6,10-11H2/t13-,14-,16?,17?/m1/s1. The maximum absolute atomic E-state index is 11.1.